The van der Waals surface area contributed by atoms with Crippen molar-refractivity contribution in [3.8, 4) is 5.75 Å². The first-order chi connectivity index (χ1) is 12.5. The van der Waals surface area contributed by atoms with E-state index >= 15 is 0 Å². The van der Waals surface area contributed by atoms with Gasteiger partial charge in [0.1, 0.15) is 5.75 Å². The van der Waals surface area contributed by atoms with Crippen molar-refractivity contribution in [3.05, 3.63) is 59.7 Å². The van der Waals surface area contributed by atoms with Gasteiger partial charge in [-0.25, -0.2) is 0 Å². The maximum absolute atomic E-state index is 12.4. The van der Waals surface area contributed by atoms with Crippen LogP contribution in [0.1, 0.15) is 41.6 Å². The number of ketones is 1. The zero-order chi connectivity index (χ0) is 18.5. The van der Waals surface area contributed by atoms with E-state index in [1.165, 1.54) is 12.5 Å². The summed E-state index contributed by atoms with van der Waals surface area (Å²) in [6.07, 6.45) is 1.98. The summed E-state index contributed by atoms with van der Waals surface area (Å²) in [5.74, 6) is 0.597. The molecule has 0 aromatic heterocycles. The molecule has 0 radical (unpaired) electrons. The summed E-state index contributed by atoms with van der Waals surface area (Å²) in [5, 5.41) is 12.3. The molecule has 0 saturated carbocycles. The SMILES string of the molecule is CC(=O)c1ccccc1NC(=O)CN1CCC(c2ccc(O)cc2)CC1. The Morgan fingerprint density at radius 3 is 2.38 bits per heavy atom. The summed E-state index contributed by atoms with van der Waals surface area (Å²) in [7, 11) is 0. The van der Waals surface area contributed by atoms with E-state index in [0.717, 1.165) is 25.9 Å². The first-order valence-electron chi connectivity index (χ1n) is 8.94. The van der Waals surface area contributed by atoms with Crippen LogP contribution >= 0.6 is 0 Å². The van der Waals surface area contributed by atoms with Gasteiger partial charge in [0.15, 0.2) is 5.78 Å². The molecule has 1 heterocycles. The van der Waals surface area contributed by atoms with Crippen molar-refractivity contribution in [2.75, 3.05) is 25.0 Å². The van der Waals surface area contributed by atoms with Gasteiger partial charge in [0, 0.05) is 5.56 Å². The number of anilines is 1. The second-order valence-corrected chi connectivity index (χ2v) is 6.79. The van der Waals surface area contributed by atoms with E-state index in [0.29, 0.717) is 23.7 Å². The number of nitrogens with one attached hydrogen (secondary N) is 1. The summed E-state index contributed by atoms with van der Waals surface area (Å²) in [4.78, 5) is 26.1. The Hall–Kier alpha value is -2.66. The van der Waals surface area contributed by atoms with Crippen LogP contribution in [0.25, 0.3) is 0 Å². The average Bonchev–Trinajstić information content (AvgIpc) is 2.63. The molecule has 136 valence electrons. The number of rotatable bonds is 5. The lowest BCUT2D eigenvalue weighted by Gasteiger charge is -2.31. The highest BCUT2D eigenvalue weighted by molar-refractivity contribution is 6.04. The first-order valence-corrected chi connectivity index (χ1v) is 8.94. The summed E-state index contributed by atoms with van der Waals surface area (Å²) in [6.45, 7) is 3.54. The van der Waals surface area contributed by atoms with Crippen LogP contribution < -0.4 is 5.32 Å². The molecule has 1 aliphatic rings. The van der Waals surface area contributed by atoms with Gasteiger partial charge in [-0.15, -0.1) is 0 Å². The van der Waals surface area contributed by atoms with Crippen molar-refractivity contribution in [3.63, 3.8) is 0 Å². The molecule has 2 aromatic rings. The molecule has 2 aromatic carbocycles. The van der Waals surface area contributed by atoms with Gasteiger partial charge in [-0.05, 0) is 68.6 Å². The van der Waals surface area contributed by atoms with E-state index in [-0.39, 0.29) is 17.4 Å². The molecule has 3 rings (SSSR count). The quantitative estimate of drug-likeness (QED) is 0.809. The second-order valence-electron chi connectivity index (χ2n) is 6.79. The minimum absolute atomic E-state index is 0.0596. The number of nitrogens with zero attached hydrogens (tertiary/aromatic N) is 1. The Labute approximate surface area is 153 Å². The standard InChI is InChI=1S/C21H24N2O3/c1-15(24)19-4-2-3-5-20(19)22-21(26)14-23-12-10-17(11-13-23)16-6-8-18(25)9-7-16/h2-9,17,25H,10-14H2,1H3,(H,22,26). The normalized spacial score (nSPS) is 15.6. The average molecular weight is 352 g/mol. The summed E-state index contributed by atoms with van der Waals surface area (Å²) in [6, 6.07) is 14.5. The maximum Gasteiger partial charge on any atom is 0.238 e. The number of benzene rings is 2. The molecule has 5 nitrogen and oxygen atoms in total. The van der Waals surface area contributed by atoms with E-state index in [1.807, 2.05) is 18.2 Å². The first kappa shape index (κ1) is 18.1. The van der Waals surface area contributed by atoms with E-state index in [9.17, 15) is 14.7 Å². The van der Waals surface area contributed by atoms with Gasteiger partial charge in [0.25, 0.3) is 0 Å². The molecule has 0 bridgehead atoms. The van der Waals surface area contributed by atoms with Crippen LogP contribution in [0.15, 0.2) is 48.5 Å². The van der Waals surface area contributed by atoms with Crippen molar-refractivity contribution < 1.29 is 14.7 Å². The molecular formula is C21H24N2O3. The highest BCUT2D eigenvalue weighted by Gasteiger charge is 2.22. The lowest BCUT2D eigenvalue weighted by molar-refractivity contribution is -0.117. The Bertz CT molecular complexity index is 778. The van der Waals surface area contributed by atoms with E-state index in [2.05, 4.69) is 10.2 Å². The number of carbonyl (C=O) groups excluding carboxylic acids is 2. The van der Waals surface area contributed by atoms with Gasteiger partial charge in [0.05, 0.1) is 12.2 Å². The largest absolute Gasteiger partial charge is 0.508 e. The molecule has 1 saturated heterocycles. The molecule has 1 fully saturated rings. The number of Topliss-reactive ketones (excluding diaryl/α,β-unsaturated/α-hetero) is 1. The monoisotopic (exact) mass is 352 g/mol. The Kier molecular flexibility index (Phi) is 5.68. The van der Waals surface area contributed by atoms with Crippen LogP contribution in [0.2, 0.25) is 0 Å². The number of carbonyl (C=O) groups is 2. The minimum Gasteiger partial charge on any atom is -0.508 e. The lowest BCUT2D eigenvalue weighted by Crippen LogP contribution is -2.38. The lowest BCUT2D eigenvalue weighted by atomic mass is 9.89. The number of piperidine rings is 1. The second kappa shape index (κ2) is 8.15. The Morgan fingerprint density at radius 1 is 1.08 bits per heavy atom. The molecule has 0 atom stereocenters. The number of likely N-dealkylation sites (tertiary alicyclic amines) is 1. The summed E-state index contributed by atoms with van der Waals surface area (Å²) in [5.41, 5.74) is 2.35. The molecule has 0 spiro atoms. The van der Waals surface area contributed by atoms with Gasteiger partial charge in [0.2, 0.25) is 5.91 Å². The zero-order valence-corrected chi connectivity index (χ0v) is 14.9. The van der Waals surface area contributed by atoms with Crippen molar-refractivity contribution in [2.45, 2.75) is 25.7 Å². The fourth-order valence-electron chi connectivity index (χ4n) is 3.46. The van der Waals surface area contributed by atoms with Crippen LogP contribution in [-0.4, -0.2) is 41.3 Å². The highest BCUT2D eigenvalue weighted by atomic mass is 16.3. The molecule has 2 N–H and O–H groups in total. The Balaban J connectivity index is 1.52. The van der Waals surface area contributed by atoms with E-state index in [4.69, 9.17) is 0 Å². The van der Waals surface area contributed by atoms with Gasteiger partial charge >= 0.3 is 0 Å². The Morgan fingerprint density at radius 2 is 1.73 bits per heavy atom. The van der Waals surface area contributed by atoms with Crippen LogP contribution in [0.3, 0.4) is 0 Å². The predicted molar refractivity (Wildman–Crippen MR) is 102 cm³/mol. The summed E-state index contributed by atoms with van der Waals surface area (Å²) >= 11 is 0. The van der Waals surface area contributed by atoms with Gasteiger partial charge in [-0.2, -0.15) is 0 Å². The minimum atomic E-state index is -0.0956. The molecular weight excluding hydrogens is 328 g/mol. The molecule has 0 aliphatic carbocycles. The predicted octanol–water partition coefficient (Wildman–Crippen LogP) is 3.41. The number of amides is 1. The summed E-state index contributed by atoms with van der Waals surface area (Å²) < 4.78 is 0. The molecule has 1 aliphatic heterocycles. The number of hydrogen-bond acceptors (Lipinski definition) is 4. The van der Waals surface area contributed by atoms with Crippen molar-refractivity contribution in [1.29, 1.82) is 0 Å². The maximum atomic E-state index is 12.4. The molecule has 0 unspecified atom stereocenters. The van der Waals surface area contributed by atoms with Crippen LogP contribution in [0.5, 0.6) is 5.75 Å². The van der Waals surface area contributed by atoms with Gasteiger partial charge in [-0.3, -0.25) is 14.5 Å². The van der Waals surface area contributed by atoms with Crippen molar-refractivity contribution in [2.24, 2.45) is 0 Å². The fourth-order valence-corrected chi connectivity index (χ4v) is 3.46. The van der Waals surface area contributed by atoms with E-state index < -0.39 is 0 Å². The topological polar surface area (TPSA) is 69.6 Å². The third-order valence-corrected chi connectivity index (χ3v) is 4.90. The number of hydrogen-bond donors (Lipinski definition) is 2. The van der Waals surface area contributed by atoms with Gasteiger partial charge < -0.3 is 10.4 Å². The fraction of sp³-hybridized carbons (Fsp3) is 0.333. The number of phenols is 1. The smallest absolute Gasteiger partial charge is 0.238 e. The molecule has 5 heteroatoms. The van der Waals surface area contributed by atoms with Crippen molar-refractivity contribution in [1.82, 2.24) is 4.90 Å². The highest BCUT2D eigenvalue weighted by Crippen LogP contribution is 2.29. The van der Waals surface area contributed by atoms with Gasteiger partial charge in [-0.1, -0.05) is 24.3 Å². The molecule has 26 heavy (non-hydrogen) atoms. The van der Waals surface area contributed by atoms with Crippen LogP contribution in [0.4, 0.5) is 5.69 Å². The van der Waals surface area contributed by atoms with E-state index in [1.54, 1.807) is 30.3 Å². The third-order valence-electron chi connectivity index (χ3n) is 4.90. The number of aromatic hydroxyl groups is 1. The van der Waals surface area contributed by atoms with Crippen LogP contribution in [0, 0.1) is 0 Å². The number of phenolic OH excluding ortho intramolecular Hbond substituents is 1. The third kappa shape index (κ3) is 4.49. The van der Waals surface area contributed by atoms with Crippen LogP contribution in [-0.2, 0) is 4.79 Å². The zero-order valence-electron chi connectivity index (χ0n) is 14.9. The molecule has 1 amide bonds. The number of para-hydroxylation sites is 1. The van der Waals surface area contributed by atoms with Crippen molar-refractivity contribution >= 4 is 17.4 Å².